The predicted octanol–water partition coefficient (Wildman–Crippen LogP) is 2.43. The maximum absolute atomic E-state index is 4.77. The molecule has 1 N–H and O–H groups in total. The van der Waals surface area contributed by atoms with Crippen molar-refractivity contribution in [1.29, 1.82) is 0 Å². The first-order valence-corrected chi connectivity index (χ1v) is 7.63. The molecule has 1 aliphatic heterocycles. The van der Waals surface area contributed by atoms with Gasteiger partial charge in [-0.2, -0.15) is 0 Å². The summed E-state index contributed by atoms with van der Waals surface area (Å²) in [4.78, 5) is 7.24. The number of rotatable bonds is 5. The zero-order chi connectivity index (χ0) is 13.8. The fraction of sp³-hybridized carbons (Fsp3) is 0.800. The number of anilines is 1. The summed E-state index contributed by atoms with van der Waals surface area (Å²) in [6.07, 6.45) is 4.73. The van der Waals surface area contributed by atoms with Crippen LogP contribution >= 0.6 is 0 Å². The maximum atomic E-state index is 4.77. The van der Waals surface area contributed by atoms with E-state index < -0.39 is 0 Å². The van der Waals surface area contributed by atoms with Gasteiger partial charge in [-0.25, -0.2) is 4.98 Å². The van der Waals surface area contributed by atoms with Crippen LogP contribution in [0.25, 0.3) is 0 Å². The zero-order valence-corrected chi connectivity index (χ0v) is 12.8. The summed E-state index contributed by atoms with van der Waals surface area (Å²) >= 11 is 0. The molecule has 1 fully saturated rings. The van der Waals surface area contributed by atoms with E-state index in [4.69, 9.17) is 4.98 Å². The second kappa shape index (κ2) is 6.42. The van der Waals surface area contributed by atoms with Crippen molar-refractivity contribution in [2.75, 3.05) is 24.5 Å². The number of likely N-dealkylation sites (N-methyl/N-ethyl adjacent to an activating group) is 1. The van der Waals surface area contributed by atoms with Crippen molar-refractivity contribution in [1.82, 2.24) is 14.9 Å². The third-order valence-electron chi connectivity index (χ3n) is 3.75. The van der Waals surface area contributed by atoms with Gasteiger partial charge in [0.15, 0.2) is 0 Å². The summed E-state index contributed by atoms with van der Waals surface area (Å²) in [6.45, 7) is 13.2. The van der Waals surface area contributed by atoms with E-state index >= 15 is 0 Å². The van der Waals surface area contributed by atoms with E-state index in [1.165, 1.54) is 12.8 Å². The van der Waals surface area contributed by atoms with Gasteiger partial charge in [-0.1, -0.05) is 13.8 Å². The largest absolute Gasteiger partial charge is 0.338 e. The molecule has 0 amide bonds. The Kier molecular flexibility index (Phi) is 4.86. The van der Waals surface area contributed by atoms with E-state index in [2.05, 4.69) is 48.7 Å². The van der Waals surface area contributed by atoms with Crippen LogP contribution in [-0.2, 0) is 6.54 Å². The minimum atomic E-state index is 0.589. The first-order chi connectivity index (χ1) is 9.11. The van der Waals surface area contributed by atoms with E-state index in [0.717, 1.165) is 37.8 Å². The van der Waals surface area contributed by atoms with Crippen molar-refractivity contribution in [3.8, 4) is 0 Å². The minimum Gasteiger partial charge on any atom is -0.338 e. The number of hydrogen-bond acceptors (Lipinski definition) is 3. The van der Waals surface area contributed by atoms with E-state index in [0.29, 0.717) is 12.0 Å². The number of imidazole rings is 1. The van der Waals surface area contributed by atoms with Gasteiger partial charge < -0.3 is 14.8 Å². The molecule has 108 valence electrons. The fourth-order valence-corrected chi connectivity index (χ4v) is 2.95. The van der Waals surface area contributed by atoms with Gasteiger partial charge in [-0.3, -0.25) is 0 Å². The smallest absolute Gasteiger partial charge is 0.206 e. The molecule has 2 rings (SSSR count). The van der Waals surface area contributed by atoms with Crippen molar-refractivity contribution in [3.63, 3.8) is 0 Å². The van der Waals surface area contributed by atoms with E-state index in [1.54, 1.807) is 0 Å². The van der Waals surface area contributed by atoms with Crippen LogP contribution in [0.1, 0.15) is 39.3 Å². The molecule has 1 atom stereocenters. The number of aryl methyl sites for hydroxylation is 1. The molecule has 0 bridgehead atoms. The highest BCUT2D eigenvalue weighted by Crippen LogP contribution is 2.21. The van der Waals surface area contributed by atoms with Crippen molar-refractivity contribution in [2.24, 2.45) is 5.92 Å². The molecule has 0 spiro atoms. The minimum absolute atomic E-state index is 0.589. The van der Waals surface area contributed by atoms with Gasteiger partial charge in [0.25, 0.3) is 0 Å². The standard InChI is InChI=1S/C15H28N4/c1-5-19(14-7-6-8-16-9-14)15-17-13(4)11-18(15)10-12(2)3/h11-12,14,16H,5-10H2,1-4H3. The Labute approximate surface area is 117 Å². The van der Waals surface area contributed by atoms with E-state index in [1.807, 2.05) is 0 Å². The van der Waals surface area contributed by atoms with Crippen LogP contribution in [0.3, 0.4) is 0 Å². The quantitative estimate of drug-likeness (QED) is 0.886. The molecule has 1 aromatic heterocycles. The molecule has 2 heterocycles. The molecular weight excluding hydrogens is 236 g/mol. The highest BCUT2D eigenvalue weighted by atomic mass is 15.3. The van der Waals surface area contributed by atoms with Gasteiger partial charge in [-0.15, -0.1) is 0 Å². The van der Waals surface area contributed by atoms with Crippen LogP contribution in [-0.4, -0.2) is 35.2 Å². The Morgan fingerprint density at radius 2 is 2.32 bits per heavy atom. The van der Waals surface area contributed by atoms with Crippen LogP contribution in [0.2, 0.25) is 0 Å². The Hall–Kier alpha value is -1.03. The fourth-order valence-electron chi connectivity index (χ4n) is 2.95. The summed E-state index contributed by atoms with van der Waals surface area (Å²) < 4.78 is 2.33. The van der Waals surface area contributed by atoms with Crippen LogP contribution < -0.4 is 10.2 Å². The summed E-state index contributed by atoms with van der Waals surface area (Å²) in [5.41, 5.74) is 1.12. The van der Waals surface area contributed by atoms with E-state index in [9.17, 15) is 0 Å². The molecule has 0 aromatic carbocycles. The Balaban J connectivity index is 2.21. The molecule has 4 heteroatoms. The lowest BCUT2D eigenvalue weighted by Gasteiger charge is -2.35. The lowest BCUT2D eigenvalue weighted by molar-refractivity contribution is 0.423. The average Bonchev–Trinajstić information content (AvgIpc) is 2.72. The molecular formula is C15H28N4. The topological polar surface area (TPSA) is 33.1 Å². The lowest BCUT2D eigenvalue weighted by atomic mass is 10.1. The van der Waals surface area contributed by atoms with Gasteiger partial charge in [0.2, 0.25) is 5.95 Å². The van der Waals surface area contributed by atoms with Crippen LogP contribution in [0.5, 0.6) is 0 Å². The molecule has 1 aromatic rings. The van der Waals surface area contributed by atoms with Crippen LogP contribution in [0.15, 0.2) is 6.20 Å². The lowest BCUT2D eigenvalue weighted by Crippen LogP contribution is -2.47. The number of nitrogens with zero attached hydrogens (tertiary/aromatic N) is 3. The number of aromatic nitrogens is 2. The summed E-state index contributed by atoms with van der Waals surface area (Å²) in [7, 11) is 0. The second-order valence-corrected chi connectivity index (χ2v) is 6.01. The van der Waals surface area contributed by atoms with Crippen LogP contribution in [0.4, 0.5) is 5.95 Å². The van der Waals surface area contributed by atoms with Crippen LogP contribution in [0, 0.1) is 12.8 Å². The van der Waals surface area contributed by atoms with Gasteiger partial charge in [0.05, 0.1) is 5.69 Å². The Morgan fingerprint density at radius 1 is 1.53 bits per heavy atom. The third kappa shape index (κ3) is 3.50. The Morgan fingerprint density at radius 3 is 2.89 bits per heavy atom. The van der Waals surface area contributed by atoms with Crippen molar-refractivity contribution in [2.45, 2.75) is 53.1 Å². The van der Waals surface area contributed by atoms with Gasteiger partial charge in [0.1, 0.15) is 0 Å². The van der Waals surface area contributed by atoms with Gasteiger partial charge >= 0.3 is 0 Å². The molecule has 19 heavy (non-hydrogen) atoms. The first-order valence-electron chi connectivity index (χ1n) is 7.63. The summed E-state index contributed by atoms with van der Waals surface area (Å²) in [5.74, 6) is 1.80. The number of nitrogens with one attached hydrogen (secondary N) is 1. The molecule has 1 aliphatic rings. The van der Waals surface area contributed by atoms with Gasteiger partial charge in [0, 0.05) is 31.9 Å². The van der Waals surface area contributed by atoms with Crippen molar-refractivity contribution < 1.29 is 0 Å². The number of piperidine rings is 1. The predicted molar refractivity (Wildman–Crippen MR) is 80.7 cm³/mol. The highest BCUT2D eigenvalue weighted by Gasteiger charge is 2.23. The normalized spacial score (nSPS) is 19.9. The van der Waals surface area contributed by atoms with Crippen molar-refractivity contribution >= 4 is 5.95 Å². The zero-order valence-electron chi connectivity index (χ0n) is 12.8. The molecule has 4 nitrogen and oxygen atoms in total. The monoisotopic (exact) mass is 264 g/mol. The molecule has 1 unspecified atom stereocenters. The second-order valence-electron chi connectivity index (χ2n) is 6.01. The third-order valence-corrected chi connectivity index (χ3v) is 3.75. The van der Waals surface area contributed by atoms with E-state index in [-0.39, 0.29) is 0 Å². The molecule has 0 radical (unpaired) electrons. The van der Waals surface area contributed by atoms with Crippen molar-refractivity contribution in [3.05, 3.63) is 11.9 Å². The first kappa shape index (κ1) is 14.4. The summed E-state index contributed by atoms with van der Waals surface area (Å²) in [5, 5.41) is 3.51. The SMILES string of the molecule is CCN(c1nc(C)cn1CC(C)C)C1CCCNC1. The maximum Gasteiger partial charge on any atom is 0.206 e. The van der Waals surface area contributed by atoms with Gasteiger partial charge in [-0.05, 0) is 39.2 Å². The molecule has 1 saturated heterocycles. The molecule has 0 aliphatic carbocycles. The average molecular weight is 264 g/mol. The summed E-state index contributed by atoms with van der Waals surface area (Å²) in [6, 6.07) is 0.589. The highest BCUT2D eigenvalue weighted by molar-refractivity contribution is 5.35. The number of hydrogen-bond donors (Lipinski definition) is 1. The molecule has 0 saturated carbocycles. The Bertz CT molecular complexity index is 391.